The predicted molar refractivity (Wildman–Crippen MR) is 84.5 cm³/mol. The van der Waals surface area contributed by atoms with Crippen molar-refractivity contribution in [1.82, 2.24) is 15.1 Å². The van der Waals surface area contributed by atoms with Crippen LogP contribution in [0.2, 0.25) is 0 Å². The maximum atomic E-state index is 12.0. The zero-order valence-corrected chi connectivity index (χ0v) is 13.8. The molecule has 2 fully saturated rings. The molecule has 0 aromatic carbocycles. The highest BCUT2D eigenvalue weighted by Crippen LogP contribution is 2.42. The minimum absolute atomic E-state index is 0.314. The summed E-state index contributed by atoms with van der Waals surface area (Å²) in [6.45, 7) is 5.70. The van der Waals surface area contributed by atoms with Gasteiger partial charge in [0.05, 0.1) is 0 Å². The molecular formula is C16H31N3O2. The van der Waals surface area contributed by atoms with Crippen molar-refractivity contribution >= 4 is 5.97 Å². The molecule has 0 saturated heterocycles. The maximum absolute atomic E-state index is 12.0. The number of carboxylic acids is 1. The Balaban J connectivity index is 2.04. The van der Waals surface area contributed by atoms with Gasteiger partial charge in [0.2, 0.25) is 0 Å². The van der Waals surface area contributed by atoms with Crippen LogP contribution in [0, 0.1) is 5.92 Å². The summed E-state index contributed by atoms with van der Waals surface area (Å²) >= 11 is 0. The van der Waals surface area contributed by atoms with Crippen molar-refractivity contribution in [2.24, 2.45) is 5.92 Å². The van der Waals surface area contributed by atoms with Crippen molar-refractivity contribution < 1.29 is 9.90 Å². The van der Waals surface area contributed by atoms with Gasteiger partial charge in [-0.2, -0.15) is 0 Å². The van der Waals surface area contributed by atoms with Gasteiger partial charge in [0.25, 0.3) is 0 Å². The molecule has 0 bridgehead atoms. The van der Waals surface area contributed by atoms with Crippen molar-refractivity contribution in [3.63, 3.8) is 0 Å². The summed E-state index contributed by atoms with van der Waals surface area (Å²) < 4.78 is 0. The normalized spacial score (nSPS) is 21.8. The molecule has 0 amide bonds. The number of rotatable bonds is 11. The van der Waals surface area contributed by atoms with E-state index in [1.165, 1.54) is 0 Å². The molecule has 0 heterocycles. The molecule has 5 nitrogen and oxygen atoms in total. The van der Waals surface area contributed by atoms with E-state index in [0.29, 0.717) is 18.5 Å². The molecular weight excluding hydrogens is 266 g/mol. The number of aliphatic carboxylic acids is 1. The Morgan fingerprint density at radius 3 is 2.29 bits per heavy atom. The predicted octanol–water partition coefficient (Wildman–Crippen LogP) is 1.25. The van der Waals surface area contributed by atoms with Crippen LogP contribution in [0.15, 0.2) is 0 Å². The van der Waals surface area contributed by atoms with Gasteiger partial charge in [0.15, 0.2) is 0 Å². The fraction of sp³-hybridized carbons (Fsp3) is 0.938. The molecule has 0 aromatic heterocycles. The lowest BCUT2D eigenvalue weighted by Crippen LogP contribution is -2.62. The van der Waals surface area contributed by atoms with Gasteiger partial charge in [-0.25, -0.2) is 0 Å². The van der Waals surface area contributed by atoms with Crippen molar-refractivity contribution in [2.45, 2.75) is 50.6 Å². The Morgan fingerprint density at radius 1 is 1.19 bits per heavy atom. The molecule has 1 unspecified atom stereocenters. The van der Waals surface area contributed by atoms with Gasteiger partial charge < -0.3 is 10.0 Å². The van der Waals surface area contributed by atoms with Crippen LogP contribution in [0.1, 0.15) is 39.0 Å². The summed E-state index contributed by atoms with van der Waals surface area (Å²) in [6, 6.07) is 0.430. The average molecular weight is 297 g/mol. The van der Waals surface area contributed by atoms with Gasteiger partial charge in [-0.3, -0.25) is 15.0 Å². The van der Waals surface area contributed by atoms with Gasteiger partial charge >= 0.3 is 5.97 Å². The number of carbonyl (C=O) groups is 1. The molecule has 2 saturated carbocycles. The molecule has 0 aliphatic heterocycles. The van der Waals surface area contributed by atoms with E-state index in [-0.39, 0.29) is 0 Å². The third-order valence-corrected chi connectivity index (χ3v) is 4.57. The van der Waals surface area contributed by atoms with Gasteiger partial charge in [-0.1, -0.05) is 6.92 Å². The number of hydrogen-bond acceptors (Lipinski definition) is 4. The largest absolute Gasteiger partial charge is 0.480 e. The minimum Gasteiger partial charge on any atom is -0.480 e. The maximum Gasteiger partial charge on any atom is 0.325 e. The van der Waals surface area contributed by atoms with Crippen LogP contribution in [-0.2, 0) is 4.79 Å². The molecule has 122 valence electrons. The third-order valence-electron chi connectivity index (χ3n) is 4.57. The van der Waals surface area contributed by atoms with Crippen LogP contribution in [0.5, 0.6) is 0 Å². The fourth-order valence-corrected chi connectivity index (χ4v) is 3.04. The summed E-state index contributed by atoms with van der Waals surface area (Å²) in [4.78, 5) is 16.5. The highest BCUT2D eigenvalue weighted by Gasteiger charge is 2.53. The topological polar surface area (TPSA) is 55.8 Å². The lowest BCUT2D eigenvalue weighted by atomic mass is 9.91. The second kappa shape index (κ2) is 7.07. The molecule has 2 rings (SSSR count). The van der Waals surface area contributed by atoms with Crippen LogP contribution < -0.4 is 5.32 Å². The first-order chi connectivity index (χ1) is 9.98. The second-order valence-electron chi connectivity index (χ2n) is 7.05. The zero-order chi connectivity index (χ0) is 15.5. The van der Waals surface area contributed by atoms with Crippen LogP contribution >= 0.6 is 0 Å². The average Bonchev–Trinajstić information content (AvgIpc) is 3.25. The lowest BCUT2D eigenvalue weighted by molar-refractivity contribution is -0.147. The van der Waals surface area contributed by atoms with E-state index in [4.69, 9.17) is 0 Å². The summed E-state index contributed by atoms with van der Waals surface area (Å²) in [5.41, 5.74) is -0.720. The minimum atomic E-state index is -0.720. The SMILES string of the molecule is CCCN(CCN(C)C)CC(NC1CC1)(C(=O)O)C1CC1. The quantitative estimate of drug-likeness (QED) is 0.601. The van der Waals surface area contributed by atoms with E-state index in [9.17, 15) is 9.90 Å². The fourth-order valence-electron chi connectivity index (χ4n) is 3.04. The smallest absolute Gasteiger partial charge is 0.325 e. The lowest BCUT2D eigenvalue weighted by Gasteiger charge is -2.37. The molecule has 0 spiro atoms. The molecule has 2 aliphatic rings. The van der Waals surface area contributed by atoms with Crippen molar-refractivity contribution in [1.29, 1.82) is 0 Å². The molecule has 5 heteroatoms. The Labute approximate surface area is 128 Å². The van der Waals surface area contributed by atoms with Crippen molar-refractivity contribution in [2.75, 3.05) is 40.3 Å². The first kappa shape index (κ1) is 16.7. The number of nitrogens with zero attached hydrogens (tertiary/aromatic N) is 2. The Bertz CT molecular complexity index is 353. The standard InChI is InChI=1S/C16H31N3O2/c1-4-9-19(11-10-18(2)3)12-16(15(20)21,13-5-6-13)17-14-7-8-14/h13-14,17H,4-12H2,1-3H3,(H,20,21). The molecule has 0 aromatic rings. The second-order valence-corrected chi connectivity index (χ2v) is 7.05. The molecule has 0 radical (unpaired) electrons. The van der Waals surface area contributed by atoms with Gasteiger partial charge in [-0.15, -0.1) is 0 Å². The monoisotopic (exact) mass is 297 g/mol. The van der Waals surface area contributed by atoms with Crippen LogP contribution in [-0.4, -0.2) is 72.7 Å². The summed E-state index contributed by atoms with van der Waals surface area (Å²) in [5, 5.41) is 13.4. The van der Waals surface area contributed by atoms with E-state index in [1.54, 1.807) is 0 Å². The summed E-state index contributed by atoms with van der Waals surface area (Å²) in [6.07, 6.45) is 5.44. The molecule has 2 N–H and O–H groups in total. The van der Waals surface area contributed by atoms with Crippen LogP contribution in [0.4, 0.5) is 0 Å². The zero-order valence-electron chi connectivity index (χ0n) is 13.8. The number of nitrogens with one attached hydrogen (secondary N) is 1. The number of carboxylic acid groups (broad SMARTS) is 1. The van der Waals surface area contributed by atoms with Crippen LogP contribution in [0.3, 0.4) is 0 Å². The Kier molecular flexibility index (Phi) is 5.63. The van der Waals surface area contributed by atoms with E-state index in [1.807, 2.05) is 0 Å². The van der Waals surface area contributed by atoms with Crippen molar-refractivity contribution in [3.05, 3.63) is 0 Å². The van der Waals surface area contributed by atoms with E-state index < -0.39 is 11.5 Å². The Hall–Kier alpha value is -0.650. The molecule has 2 aliphatic carbocycles. The first-order valence-electron chi connectivity index (χ1n) is 8.36. The third kappa shape index (κ3) is 4.66. The van der Waals surface area contributed by atoms with Gasteiger partial charge in [0.1, 0.15) is 5.54 Å². The molecule has 1 atom stereocenters. The van der Waals surface area contributed by atoms with E-state index >= 15 is 0 Å². The van der Waals surface area contributed by atoms with Crippen LogP contribution in [0.25, 0.3) is 0 Å². The van der Waals surface area contributed by atoms with E-state index in [2.05, 4.69) is 36.1 Å². The molecule has 21 heavy (non-hydrogen) atoms. The van der Waals surface area contributed by atoms with Gasteiger partial charge in [-0.05, 0) is 58.7 Å². The van der Waals surface area contributed by atoms with Gasteiger partial charge in [0, 0.05) is 25.7 Å². The number of hydrogen-bond donors (Lipinski definition) is 2. The Morgan fingerprint density at radius 2 is 1.86 bits per heavy atom. The number of likely N-dealkylation sites (N-methyl/N-ethyl adjacent to an activating group) is 1. The highest BCUT2D eigenvalue weighted by atomic mass is 16.4. The summed E-state index contributed by atoms with van der Waals surface area (Å²) in [7, 11) is 4.13. The summed E-state index contributed by atoms with van der Waals surface area (Å²) in [5.74, 6) is -0.336. The van der Waals surface area contributed by atoms with E-state index in [0.717, 1.165) is 51.7 Å². The van der Waals surface area contributed by atoms with Crippen molar-refractivity contribution in [3.8, 4) is 0 Å². The highest BCUT2D eigenvalue weighted by molar-refractivity contribution is 5.80. The first-order valence-corrected chi connectivity index (χ1v) is 8.36.